The van der Waals surface area contributed by atoms with E-state index < -0.39 is 12.0 Å². The van der Waals surface area contributed by atoms with Crippen LogP contribution >= 0.6 is 22.9 Å². The molecule has 42 heavy (non-hydrogen) atoms. The van der Waals surface area contributed by atoms with Gasteiger partial charge in [0.1, 0.15) is 24.1 Å². The average molecular weight is 603 g/mol. The predicted molar refractivity (Wildman–Crippen MR) is 165 cm³/mol. The number of para-hydroxylation sites is 1. The molecule has 5 rings (SSSR count). The fraction of sp³-hybridized carbons (Fsp3) is 0.242. The highest BCUT2D eigenvalue weighted by Crippen LogP contribution is 2.36. The minimum atomic E-state index is -0.758. The average Bonchev–Trinajstić information content (AvgIpc) is 3.26. The van der Waals surface area contributed by atoms with E-state index in [0.29, 0.717) is 49.3 Å². The third-order valence-electron chi connectivity index (χ3n) is 6.57. The minimum Gasteiger partial charge on any atom is -0.491 e. The van der Waals surface area contributed by atoms with E-state index in [-0.39, 0.29) is 18.3 Å². The number of thiazole rings is 1. The molecule has 1 aromatic heterocycles. The van der Waals surface area contributed by atoms with E-state index in [9.17, 15) is 9.59 Å². The van der Waals surface area contributed by atoms with Crippen molar-refractivity contribution in [3.8, 4) is 11.5 Å². The number of hydrogen-bond acceptors (Lipinski definition) is 7. The van der Waals surface area contributed by atoms with Crippen LogP contribution < -0.4 is 24.4 Å². The highest BCUT2D eigenvalue weighted by molar-refractivity contribution is 7.07. The van der Waals surface area contributed by atoms with Gasteiger partial charge in [-0.2, -0.15) is 0 Å². The molecular weight excluding hydrogens is 572 g/mol. The molecule has 7 nitrogen and oxygen atoms in total. The highest BCUT2D eigenvalue weighted by atomic mass is 35.5. The number of aromatic nitrogens is 1. The summed E-state index contributed by atoms with van der Waals surface area (Å²) in [5, 5.41) is 0.671. The summed E-state index contributed by atoms with van der Waals surface area (Å²) >= 11 is 7.26. The number of halogens is 1. The molecule has 9 heteroatoms. The summed E-state index contributed by atoms with van der Waals surface area (Å²) in [5.74, 6) is 0.751. The third-order valence-corrected chi connectivity index (χ3v) is 7.80. The molecule has 1 aliphatic heterocycles. The quantitative estimate of drug-likeness (QED) is 0.226. The van der Waals surface area contributed by atoms with Gasteiger partial charge in [0.15, 0.2) is 4.80 Å². The van der Waals surface area contributed by atoms with Gasteiger partial charge in [-0.25, -0.2) is 9.79 Å². The van der Waals surface area contributed by atoms with Crippen molar-refractivity contribution in [2.75, 3.05) is 6.61 Å². The molecule has 0 amide bonds. The van der Waals surface area contributed by atoms with E-state index in [4.69, 9.17) is 25.8 Å². The van der Waals surface area contributed by atoms with Gasteiger partial charge < -0.3 is 14.2 Å². The predicted octanol–water partition coefficient (Wildman–Crippen LogP) is 5.82. The molecule has 3 aromatic carbocycles. The standard InChI is InChI=1S/C33H31ClN2O5S/c1-5-39-32(38)29-21(4)35-33-36(30(29)26-11-6-7-12-27(26)41-20(2)3)31(37)28(42-33)18-23-9-8-10-25(17-23)40-19-22-13-15-24(34)16-14-22/h6-18,20,30H,5,19H2,1-4H3/b28-18-/t30-/m1/s1. The first-order valence-electron chi connectivity index (χ1n) is 13.7. The summed E-state index contributed by atoms with van der Waals surface area (Å²) in [6.07, 6.45) is 1.71. The lowest BCUT2D eigenvalue weighted by Crippen LogP contribution is -2.40. The molecule has 0 saturated carbocycles. The molecule has 1 aliphatic rings. The molecule has 0 N–H and O–H groups in total. The molecule has 216 valence electrons. The van der Waals surface area contributed by atoms with E-state index in [1.165, 1.54) is 11.3 Å². The van der Waals surface area contributed by atoms with E-state index in [1.54, 1.807) is 18.4 Å². The van der Waals surface area contributed by atoms with Crippen LogP contribution in [0.1, 0.15) is 50.4 Å². The number of nitrogens with zero attached hydrogens (tertiary/aromatic N) is 2. The van der Waals surface area contributed by atoms with Gasteiger partial charge in [0.2, 0.25) is 0 Å². The Morgan fingerprint density at radius 2 is 1.86 bits per heavy atom. The molecule has 0 unspecified atom stereocenters. The number of rotatable bonds is 9. The summed E-state index contributed by atoms with van der Waals surface area (Å²) in [4.78, 5) is 32.4. The number of hydrogen-bond donors (Lipinski definition) is 0. The summed E-state index contributed by atoms with van der Waals surface area (Å²) < 4.78 is 19.6. The van der Waals surface area contributed by atoms with Gasteiger partial charge in [0.05, 0.1) is 28.5 Å². The number of fused-ring (bicyclic) bond motifs is 1. The van der Waals surface area contributed by atoms with Gasteiger partial charge >= 0.3 is 5.97 Å². The van der Waals surface area contributed by atoms with E-state index in [2.05, 4.69) is 4.99 Å². The van der Waals surface area contributed by atoms with Crippen LogP contribution in [0.4, 0.5) is 0 Å². The molecule has 0 aliphatic carbocycles. The Morgan fingerprint density at radius 1 is 1.10 bits per heavy atom. The SMILES string of the molecule is CCOC(=O)C1=C(C)N=c2s/c(=C\c3cccc(OCc4ccc(Cl)cc4)c3)c(=O)n2[C@@H]1c1ccccc1OC(C)C. The van der Waals surface area contributed by atoms with Gasteiger partial charge in [0, 0.05) is 10.6 Å². The zero-order chi connectivity index (χ0) is 29.8. The van der Waals surface area contributed by atoms with Crippen molar-refractivity contribution in [3.63, 3.8) is 0 Å². The first kappa shape index (κ1) is 29.4. The van der Waals surface area contributed by atoms with Gasteiger partial charge in [-0.1, -0.05) is 65.4 Å². The molecule has 0 bridgehead atoms. The van der Waals surface area contributed by atoms with Crippen molar-refractivity contribution in [2.24, 2.45) is 4.99 Å². The maximum atomic E-state index is 14.0. The molecule has 2 heterocycles. The molecule has 1 atom stereocenters. The molecule has 0 saturated heterocycles. The van der Waals surface area contributed by atoms with Crippen LogP contribution in [-0.2, 0) is 16.1 Å². The lowest BCUT2D eigenvalue weighted by Gasteiger charge is -2.26. The zero-order valence-corrected chi connectivity index (χ0v) is 25.4. The number of ether oxygens (including phenoxy) is 3. The number of carbonyl (C=O) groups excluding carboxylic acids is 1. The van der Waals surface area contributed by atoms with Crippen molar-refractivity contribution in [3.05, 3.63) is 125 Å². The van der Waals surface area contributed by atoms with Crippen molar-refractivity contribution < 1.29 is 19.0 Å². The monoisotopic (exact) mass is 602 g/mol. The molecule has 4 aromatic rings. The Kier molecular flexibility index (Phi) is 8.94. The Bertz CT molecular complexity index is 1820. The van der Waals surface area contributed by atoms with Crippen LogP contribution in [0.5, 0.6) is 11.5 Å². The second-order valence-electron chi connectivity index (χ2n) is 9.99. The maximum Gasteiger partial charge on any atom is 0.338 e. The fourth-order valence-electron chi connectivity index (χ4n) is 4.75. The Morgan fingerprint density at radius 3 is 2.60 bits per heavy atom. The van der Waals surface area contributed by atoms with E-state index in [1.807, 2.05) is 92.7 Å². The van der Waals surface area contributed by atoms with E-state index >= 15 is 0 Å². The number of esters is 1. The first-order valence-corrected chi connectivity index (χ1v) is 14.9. The Labute approximate surface area is 253 Å². The summed E-state index contributed by atoms with van der Waals surface area (Å²) in [7, 11) is 0. The van der Waals surface area contributed by atoms with Crippen molar-refractivity contribution in [1.82, 2.24) is 4.57 Å². The summed E-state index contributed by atoms with van der Waals surface area (Å²) in [6.45, 7) is 7.97. The second-order valence-corrected chi connectivity index (χ2v) is 11.4. The van der Waals surface area contributed by atoms with Gasteiger partial charge in [-0.15, -0.1) is 0 Å². The number of carbonyl (C=O) groups is 1. The van der Waals surface area contributed by atoms with Crippen LogP contribution in [0.2, 0.25) is 5.02 Å². The largest absolute Gasteiger partial charge is 0.491 e. The topological polar surface area (TPSA) is 79.1 Å². The van der Waals surface area contributed by atoms with Crippen molar-refractivity contribution in [2.45, 2.75) is 46.4 Å². The highest BCUT2D eigenvalue weighted by Gasteiger charge is 2.35. The minimum absolute atomic E-state index is 0.104. The first-order chi connectivity index (χ1) is 20.2. The fourth-order valence-corrected chi connectivity index (χ4v) is 5.92. The van der Waals surface area contributed by atoms with Crippen LogP contribution in [0.3, 0.4) is 0 Å². The molecule has 0 fully saturated rings. The van der Waals surface area contributed by atoms with Crippen LogP contribution in [0, 0.1) is 0 Å². The summed E-state index contributed by atoms with van der Waals surface area (Å²) in [5.41, 5.74) is 3.04. The molecule has 0 spiro atoms. The second kappa shape index (κ2) is 12.8. The van der Waals surface area contributed by atoms with Crippen molar-refractivity contribution >= 4 is 35.0 Å². The lowest BCUT2D eigenvalue weighted by molar-refractivity contribution is -0.139. The normalized spacial score (nSPS) is 14.9. The Hall–Kier alpha value is -4.14. The van der Waals surface area contributed by atoms with Gasteiger partial charge in [-0.05, 0) is 75.2 Å². The lowest BCUT2D eigenvalue weighted by atomic mass is 9.95. The van der Waals surface area contributed by atoms with Crippen LogP contribution in [0.15, 0.2) is 93.9 Å². The van der Waals surface area contributed by atoms with E-state index in [0.717, 1.165) is 11.1 Å². The van der Waals surface area contributed by atoms with Gasteiger partial charge in [0.25, 0.3) is 5.56 Å². The third kappa shape index (κ3) is 6.35. The smallest absolute Gasteiger partial charge is 0.338 e. The van der Waals surface area contributed by atoms with Crippen LogP contribution in [0.25, 0.3) is 6.08 Å². The zero-order valence-electron chi connectivity index (χ0n) is 23.8. The molecular formula is C33H31ClN2O5S. The number of allylic oxidation sites excluding steroid dienone is 1. The molecule has 0 radical (unpaired) electrons. The van der Waals surface area contributed by atoms with Crippen molar-refractivity contribution in [1.29, 1.82) is 0 Å². The summed E-state index contributed by atoms with van der Waals surface area (Å²) in [6, 6.07) is 21.7. The maximum absolute atomic E-state index is 14.0. The Balaban J connectivity index is 1.57. The van der Waals surface area contributed by atoms with Crippen LogP contribution in [-0.4, -0.2) is 23.2 Å². The van der Waals surface area contributed by atoms with Gasteiger partial charge in [-0.3, -0.25) is 9.36 Å². The number of benzene rings is 3.